The highest BCUT2D eigenvalue weighted by molar-refractivity contribution is 5.90. The summed E-state index contributed by atoms with van der Waals surface area (Å²) in [7, 11) is 1.63. The van der Waals surface area contributed by atoms with Gasteiger partial charge in [0.2, 0.25) is 5.88 Å². The van der Waals surface area contributed by atoms with Gasteiger partial charge in [-0.2, -0.15) is 5.26 Å². The number of ether oxygens (including phenoxy) is 1. The lowest BCUT2D eigenvalue weighted by Gasteiger charge is -2.06. The van der Waals surface area contributed by atoms with Crippen LogP contribution in [0.2, 0.25) is 0 Å². The molecule has 5 aromatic rings. The molecule has 4 nitrogen and oxygen atoms in total. The molecule has 0 aliphatic carbocycles. The standard InChI is InChI=1S/C31H22N2O2/c1-34-27-18-12-22(13-19-27)21-33-31-28(20-32)29(25-10-6-3-7-11-25)30(35-31)26-16-14-24(15-17-26)23-8-4-2-5-9-23/h2-19,21H,1H3. The zero-order chi connectivity index (χ0) is 24.0. The molecule has 0 aliphatic rings. The second-order valence-electron chi connectivity index (χ2n) is 7.94. The van der Waals surface area contributed by atoms with Gasteiger partial charge < -0.3 is 9.15 Å². The van der Waals surface area contributed by atoms with Gasteiger partial charge in [-0.05, 0) is 46.5 Å². The fourth-order valence-electron chi connectivity index (χ4n) is 3.97. The second kappa shape index (κ2) is 9.94. The zero-order valence-corrected chi connectivity index (χ0v) is 19.2. The van der Waals surface area contributed by atoms with E-state index in [4.69, 9.17) is 9.15 Å². The van der Waals surface area contributed by atoms with Crippen LogP contribution in [-0.4, -0.2) is 13.3 Å². The summed E-state index contributed by atoms with van der Waals surface area (Å²) in [5, 5.41) is 10.1. The second-order valence-corrected chi connectivity index (χ2v) is 7.94. The molecule has 0 unspecified atom stereocenters. The molecule has 0 N–H and O–H groups in total. The molecular weight excluding hydrogens is 432 g/mol. The van der Waals surface area contributed by atoms with Crippen LogP contribution in [0.3, 0.4) is 0 Å². The predicted molar refractivity (Wildman–Crippen MR) is 140 cm³/mol. The van der Waals surface area contributed by atoms with Crippen molar-refractivity contribution >= 4 is 12.1 Å². The Bertz CT molecular complexity index is 1490. The molecule has 0 fully saturated rings. The summed E-state index contributed by atoms with van der Waals surface area (Å²) in [6.07, 6.45) is 1.69. The van der Waals surface area contributed by atoms with E-state index in [1.54, 1.807) is 13.3 Å². The van der Waals surface area contributed by atoms with Gasteiger partial charge in [0.15, 0.2) is 0 Å². The van der Waals surface area contributed by atoms with E-state index < -0.39 is 0 Å². The Balaban J connectivity index is 1.59. The van der Waals surface area contributed by atoms with Crippen molar-refractivity contribution in [1.82, 2.24) is 0 Å². The van der Waals surface area contributed by atoms with Crippen LogP contribution in [0.5, 0.6) is 5.75 Å². The van der Waals surface area contributed by atoms with Crippen molar-refractivity contribution in [3.63, 3.8) is 0 Å². The molecule has 1 heterocycles. The quantitative estimate of drug-likeness (QED) is 0.245. The van der Waals surface area contributed by atoms with Gasteiger partial charge in [-0.1, -0.05) is 84.9 Å². The van der Waals surface area contributed by atoms with Crippen LogP contribution in [0.1, 0.15) is 11.1 Å². The first-order valence-corrected chi connectivity index (χ1v) is 11.2. The third-order valence-corrected chi connectivity index (χ3v) is 5.76. The Labute approximate surface area is 204 Å². The van der Waals surface area contributed by atoms with Crippen LogP contribution in [-0.2, 0) is 0 Å². The van der Waals surface area contributed by atoms with Crippen molar-refractivity contribution in [2.75, 3.05) is 7.11 Å². The molecular formula is C31H22N2O2. The lowest BCUT2D eigenvalue weighted by atomic mass is 9.97. The first kappa shape index (κ1) is 21.9. The number of aliphatic imine (C=N–C) groups is 1. The molecule has 0 spiro atoms. The number of hydrogen-bond donors (Lipinski definition) is 0. The molecule has 168 valence electrons. The zero-order valence-electron chi connectivity index (χ0n) is 19.2. The lowest BCUT2D eigenvalue weighted by molar-refractivity contribution is 0.415. The topological polar surface area (TPSA) is 58.5 Å². The molecule has 4 heteroatoms. The number of nitrogens with zero attached hydrogens (tertiary/aromatic N) is 2. The van der Waals surface area contributed by atoms with Crippen LogP contribution in [0.25, 0.3) is 33.6 Å². The van der Waals surface area contributed by atoms with Gasteiger partial charge in [-0.25, -0.2) is 4.99 Å². The van der Waals surface area contributed by atoms with E-state index in [2.05, 4.69) is 35.3 Å². The van der Waals surface area contributed by atoms with Gasteiger partial charge in [0.25, 0.3) is 0 Å². The SMILES string of the molecule is COc1ccc(C=Nc2oc(-c3ccc(-c4ccccc4)cc3)c(-c3ccccc3)c2C#N)cc1. The van der Waals surface area contributed by atoms with Crippen molar-refractivity contribution in [3.05, 3.63) is 120 Å². The molecule has 0 atom stereocenters. The van der Waals surface area contributed by atoms with Crippen LogP contribution in [0, 0.1) is 11.3 Å². The Morgan fingerprint density at radius 2 is 1.29 bits per heavy atom. The van der Waals surface area contributed by atoms with Gasteiger partial charge in [-0.15, -0.1) is 0 Å². The van der Waals surface area contributed by atoms with Crippen molar-refractivity contribution in [1.29, 1.82) is 5.26 Å². The predicted octanol–water partition coefficient (Wildman–Crippen LogP) is 7.91. The monoisotopic (exact) mass is 454 g/mol. The molecule has 5 rings (SSSR count). The highest BCUT2D eigenvalue weighted by Crippen LogP contribution is 2.42. The van der Waals surface area contributed by atoms with Gasteiger partial charge in [0.1, 0.15) is 23.1 Å². The minimum atomic E-state index is 0.282. The maximum Gasteiger partial charge on any atom is 0.238 e. The number of hydrogen-bond acceptors (Lipinski definition) is 4. The lowest BCUT2D eigenvalue weighted by Crippen LogP contribution is -1.85. The van der Waals surface area contributed by atoms with E-state index in [1.807, 2.05) is 84.9 Å². The van der Waals surface area contributed by atoms with E-state index in [0.29, 0.717) is 11.3 Å². The average Bonchev–Trinajstić information content (AvgIpc) is 3.32. The Kier molecular flexibility index (Phi) is 6.23. The fourth-order valence-corrected chi connectivity index (χ4v) is 3.97. The maximum absolute atomic E-state index is 10.1. The molecule has 0 radical (unpaired) electrons. The molecule has 0 saturated carbocycles. The largest absolute Gasteiger partial charge is 0.497 e. The first-order chi connectivity index (χ1) is 17.3. The van der Waals surface area contributed by atoms with Crippen molar-refractivity contribution < 1.29 is 9.15 Å². The van der Waals surface area contributed by atoms with Crippen LogP contribution in [0.4, 0.5) is 5.88 Å². The summed E-state index contributed by atoms with van der Waals surface area (Å²) in [5.41, 5.74) is 6.06. The van der Waals surface area contributed by atoms with E-state index in [-0.39, 0.29) is 5.88 Å². The number of furan rings is 1. The number of methoxy groups -OCH3 is 1. The third kappa shape index (κ3) is 4.62. The summed E-state index contributed by atoms with van der Waals surface area (Å²) >= 11 is 0. The summed E-state index contributed by atoms with van der Waals surface area (Å²) < 4.78 is 11.5. The van der Waals surface area contributed by atoms with Crippen molar-refractivity contribution in [2.45, 2.75) is 0 Å². The number of benzene rings is 4. The molecule has 0 amide bonds. The van der Waals surface area contributed by atoms with Crippen LogP contribution >= 0.6 is 0 Å². The first-order valence-electron chi connectivity index (χ1n) is 11.2. The maximum atomic E-state index is 10.1. The van der Waals surface area contributed by atoms with Gasteiger partial charge in [0.05, 0.1) is 7.11 Å². The highest BCUT2D eigenvalue weighted by atomic mass is 16.5. The summed E-state index contributed by atoms with van der Waals surface area (Å²) in [4.78, 5) is 4.55. The highest BCUT2D eigenvalue weighted by Gasteiger charge is 2.22. The number of rotatable bonds is 6. The van der Waals surface area contributed by atoms with E-state index in [9.17, 15) is 5.26 Å². The Hall–Kier alpha value is -4.88. The van der Waals surface area contributed by atoms with Crippen molar-refractivity contribution in [3.8, 4) is 45.4 Å². The molecule has 0 bridgehead atoms. The minimum absolute atomic E-state index is 0.282. The van der Waals surface area contributed by atoms with Crippen LogP contribution < -0.4 is 4.74 Å². The number of nitriles is 1. The normalized spacial score (nSPS) is 10.9. The van der Waals surface area contributed by atoms with Gasteiger partial charge in [0, 0.05) is 17.3 Å². The van der Waals surface area contributed by atoms with Crippen LogP contribution in [0.15, 0.2) is 119 Å². The van der Waals surface area contributed by atoms with E-state index >= 15 is 0 Å². The fraction of sp³-hybridized carbons (Fsp3) is 0.0323. The van der Waals surface area contributed by atoms with Gasteiger partial charge in [-0.3, -0.25) is 0 Å². The molecule has 0 aliphatic heterocycles. The smallest absolute Gasteiger partial charge is 0.238 e. The van der Waals surface area contributed by atoms with Crippen molar-refractivity contribution in [2.24, 2.45) is 4.99 Å². The van der Waals surface area contributed by atoms with E-state index in [0.717, 1.165) is 39.1 Å². The average molecular weight is 455 g/mol. The molecule has 1 aromatic heterocycles. The minimum Gasteiger partial charge on any atom is -0.497 e. The Morgan fingerprint density at radius 3 is 1.89 bits per heavy atom. The summed E-state index contributed by atoms with van der Waals surface area (Å²) in [5.74, 6) is 1.67. The molecule has 4 aromatic carbocycles. The third-order valence-electron chi connectivity index (χ3n) is 5.76. The molecule has 35 heavy (non-hydrogen) atoms. The molecule has 0 saturated heterocycles. The van der Waals surface area contributed by atoms with E-state index in [1.165, 1.54) is 0 Å². The Morgan fingerprint density at radius 1 is 0.714 bits per heavy atom. The van der Waals surface area contributed by atoms with Gasteiger partial charge >= 0.3 is 0 Å². The summed E-state index contributed by atoms with van der Waals surface area (Å²) in [6, 6.07) is 38.0. The summed E-state index contributed by atoms with van der Waals surface area (Å²) in [6.45, 7) is 0.